The van der Waals surface area contributed by atoms with Gasteiger partial charge in [-0.25, -0.2) is 9.97 Å². The number of nitrogens with zero attached hydrogens (tertiary/aromatic N) is 2. The van der Waals surface area contributed by atoms with E-state index in [-0.39, 0.29) is 18.1 Å². The molecule has 23 heavy (non-hydrogen) atoms. The fourth-order valence-electron chi connectivity index (χ4n) is 2.11. The molecule has 0 saturated heterocycles. The van der Waals surface area contributed by atoms with Gasteiger partial charge in [0.1, 0.15) is 0 Å². The third-order valence-electron chi connectivity index (χ3n) is 3.77. The predicted molar refractivity (Wildman–Crippen MR) is 93.8 cm³/mol. The molecule has 0 saturated carbocycles. The maximum absolute atomic E-state index is 8.94. The smallest absolute Gasteiger partial charge is 0.227 e. The summed E-state index contributed by atoms with van der Waals surface area (Å²) in [5.41, 5.74) is 9.02. The SMILES string of the molecule is CC(C)(C)c1cnc(Nc2ccc(CC[C@H](N)CO)cc2)nc1. The van der Waals surface area contributed by atoms with E-state index < -0.39 is 0 Å². The van der Waals surface area contributed by atoms with Crippen molar-refractivity contribution in [2.24, 2.45) is 5.73 Å². The van der Waals surface area contributed by atoms with Crippen LogP contribution in [0.3, 0.4) is 0 Å². The van der Waals surface area contributed by atoms with Gasteiger partial charge >= 0.3 is 0 Å². The van der Waals surface area contributed by atoms with Gasteiger partial charge in [0.15, 0.2) is 0 Å². The highest BCUT2D eigenvalue weighted by Gasteiger charge is 2.14. The summed E-state index contributed by atoms with van der Waals surface area (Å²) in [5.74, 6) is 0.591. The molecule has 0 aliphatic heterocycles. The van der Waals surface area contributed by atoms with Crippen molar-refractivity contribution < 1.29 is 5.11 Å². The summed E-state index contributed by atoms with van der Waals surface area (Å²) < 4.78 is 0. The average molecular weight is 314 g/mol. The molecule has 1 aromatic heterocycles. The molecule has 5 heteroatoms. The van der Waals surface area contributed by atoms with Crippen LogP contribution >= 0.6 is 0 Å². The molecular weight excluding hydrogens is 288 g/mol. The Morgan fingerprint density at radius 2 is 1.74 bits per heavy atom. The molecule has 5 nitrogen and oxygen atoms in total. The van der Waals surface area contributed by atoms with Gasteiger partial charge in [-0.3, -0.25) is 0 Å². The monoisotopic (exact) mass is 314 g/mol. The summed E-state index contributed by atoms with van der Waals surface area (Å²) in [6.07, 6.45) is 5.36. The van der Waals surface area contributed by atoms with Crippen LogP contribution in [0, 0.1) is 0 Å². The van der Waals surface area contributed by atoms with Crippen LogP contribution in [0.15, 0.2) is 36.7 Å². The van der Waals surface area contributed by atoms with Gasteiger partial charge in [-0.05, 0) is 41.5 Å². The fourth-order valence-corrected chi connectivity index (χ4v) is 2.11. The minimum absolute atomic E-state index is 0.0293. The Morgan fingerprint density at radius 3 is 2.26 bits per heavy atom. The number of nitrogens with two attached hydrogens (primary N) is 1. The van der Waals surface area contributed by atoms with Crippen molar-refractivity contribution in [1.82, 2.24) is 9.97 Å². The Morgan fingerprint density at radius 1 is 1.13 bits per heavy atom. The minimum Gasteiger partial charge on any atom is -0.395 e. The molecule has 0 aliphatic carbocycles. The number of hydrogen-bond donors (Lipinski definition) is 3. The van der Waals surface area contributed by atoms with E-state index in [9.17, 15) is 0 Å². The van der Waals surface area contributed by atoms with E-state index in [2.05, 4.69) is 48.2 Å². The molecular formula is C18H26N4O. The zero-order valence-electron chi connectivity index (χ0n) is 14.1. The summed E-state index contributed by atoms with van der Waals surface area (Å²) in [5, 5.41) is 12.1. The van der Waals surface area contributed by atoms with Gasteiger partial charge in [0.05, 0.1) is 6.61 Å². The van der Waals surface area contributed by atoms with Crippen molar-refractivity contribution in [3.8, 4) is 0 Å². The van der Waals surface area contributed by atoms with Crippen LogP contribution in [0.4, 0.5) is 11.6 Å². The first-order valence-corrected chi connectivity index (χ1v) is 7.93. The van der Waals surface area contributed by atoms with Crippen molar-refractivity contribution >= 4 is 11.6 Å². The van der Waals surface area contributed by atoms with Crippen LogP contribution in [-0.2, 0) is 11.8 Å². The molecule has 1 heterocycles. The number of rotatable bonds is 6. The summed E-state index contributed by atoms with van der Waals surface area (Å²) in [4.78, 5) is 8.73. The normalized spacial score (nSPS) is 12.9. The molecule has 2 aromatic rings. The van der Waals surface area contributed by atoms with Crippen LogP contribution in [0.2, 0.25) is 0 Å². The Bertz CT molecular complexity index is 602. The van der Waals surface area contributed by atoms with E-state index in [1.54, 1.807) is 0 Å². The zero-order valence-corrected chi connectivity index (χ0v) is 14.1. The lowest BCUT2D eigenvalue weighted by atomic mass is 9.89. The number of aryl methyl sites for hydroxylation is 1. The van der Waals surface area contributed by atoms with Crippen LogP contribution in [0.25, 0.3) is 0 Å². The number of nitrogens with one attached hydrogen (secondary N) is 1. The third kappa shape index (κ3) is 5.30. The molecule has 1 atom stereocenters. The fraction of sp³-hybridized carbons (Fsp3) is 0.444. The second-order valence-corrected chi connectivity index (χ2v) is 6.85. The van der Waals surface area contributed by atoms with Gasteiger partial charge in [-0.2, -0.15) is 0 Å². The Labute approximate surface area is 138 Å². The molecule has 4 N–H and O–H groups in total. The van der Waals surface area contributed by atoms with Gasteiger partial charge in [0.2, 0.25) is 5.95 Å². The van der Waals surface area contributed by atoms with E-state index in [4.69, 9.17) is 10.8 Å². The standard InChI is InChI=1S/C18H26N4O/c1-18(2,3)14-10-20-17(21-11-14)22-16-8-5-13(6-9-16)4-7-15(19)12-23/h5-6,8-11,15,23H,4,7,12,19H2,1-3H3,(H,20,21,22)/t15-/m0/s1. The van der Waals surface area contributed by atoms with Gasteiger partial charge in [-0.15, -0.1) is 0 Å². The topological polar surface area (TPSA) is 84.1 Å². The second-order valence-electron chi connectivity index (χ2n) is 6.85. The lowest BCUT2D eigenvalue weighted by Crippen LogP contribution is -2.24. The predicted octanol–water partition coefficient (Wildman–Crippen LogP) is 2.77. The molecule has 0 aliphatic rings. The molecule has 2 rings (SSSR count). The summed E-state index contributed by atoms with van der Waals surface area (Å²) in [6, 6.07) is 7.95. The number of anilines is 2. The number of aliphatic hydroxyl groups is 1. The van der Waals surface area contributed by atoms with E-state index in [0.717, 1.165) is 24.1 Å². The zero-order chi connectivity index (χ0) is 16.9. The molecule has 0 bridgehead atoms. The van der Waals surface area contributed by atoms with Crippen molar-refractivity contribution in [2.45, 2.75) is 45.1 Å². The number of aliphatic hydroxyl groups excluding tert-OH is 1. The first-order chi connectivity index (χ1) is 10.9. The Hall–Kier alpha value is -1.98. The van der Waals surface area contributed by atoms with Crippen molar-refractivity contribution in [2.75, 3.05) is 11.9 Å². The van der Waals surface area contributed by atoms with Crippen LogP contribution in [-0.4, -0.2) is 27.7 Å². The summed E-state index contributed by atoms with van der Waals surface area (Å²) >= 11 is 0. The summed E-state index contributed by atoms with van der Waals surface area (Å²) in [7, 11) is 0. The maximum atomic E-state index is 8.94. The number of benzene rings is 1. The molecule has 0 radical (unpaired) electrons. The minimum atomic E-state index is -0.150. The van der Waals surface area contributed by atoms with E-state index >= 15 is 0 Å². The van der Waals surface area contributed by atoms with Crippen molar-refractivity contribution in [3.05, 3.63) is 47.8 Å². The number of aromatic nitrogens is 2. The largest absolute Gasteiger partial charge is 0.395 e. The Balaban J connectivity index is 1.95. The van der Waals surface area contributed by atoms with Gasteiger partial charge in [-0.1, -0.05) is 32.9 Å². The van der Waals surface area contributed by atoms with Crippen molar-refractivity contribution in [3.63, 3.8) is 0 Å². The molecule has 0 fully saturated rings. The maximum Gasteiger partial charge on any atom is 0.227 e. The molecule has 1 aromatic carbocycles. The average Bonchev–Trinajstić information content (AvgIpc) is 2.53. The highest BCUT2D eigenvalue weighted by atomic mass is 16.3. The molecule has 0 spiro atoms. The second kappa shape index (κ2) is 7.53. The first kappa shape index (κ1) is 17.4. The number of hydrogen-bond acceptors (Lipinski definition) is 5. The van der Waals surface area contributed by atoms with E-state index in [1.165, 1.54) is 5.56 Å². The van der Waals surface area contributed by atoms with Crippen LogP contribution in [0.5, 0.6) is 0 Å². The summed E-state index contributed by atoms with van der Waals surface area (Å²) in [6.45, 7) is 6.45. The van der Waals surface area contributed by atoms with E-state index in [1.807, 2.05) is 24.5 Å². The van der Waals surface area contributed by atoms with Gasteiger partial charge in [0, 0.05) is 24.1 Å². The van der Waals surface area contributed by atoms with Gasteiger partial charge in [0.25, 0.3) is 0 Å². The highest BCUT2D eigenvalue weighted by molar-refractivity contribution is 5.53. The van der Waals surface area contributed by atoms with E-state index in [0.29, 0.717) is 5.95 Å². The molecule has 0 amide bonds. The van der Waals surface area contributed by atoms with Crippen molar-refractivity contribution in [1.29, 1.82) is 0 Å². The molecule has 124 valence electrons. The third-order valence-corrected chi connectivity index (χ3v) is 3.77. The highest BCUT2D eigenvalue weighted by Crippen LogP contribution is 2.21. The Kier molecular flexibility index (Phi) is 5.69. The van der Waals surface area contributed by atoms with Crippen LogP contribution < -0.4 is 11.1 Å². The van der Waals surface area contributed by atoms with Crippen LogP contribution in [0.1, 0.15) is 38.3 Å². The quantitative estimate of drug-likeness (QED) is 0.763. The lowest BCUT2D eigenvalue weighted by Gasteiger charge is -2.17. The molecule has 0 unspecified atom stereocenters. The lowest BCUT2D eigenvalue weighted by molar-refractivity contribution is 0.260. The van der Waals surface area contributed by atoms with Gasteiger partial charge < -0.3 is 16.2 Å². The first-order valence-electron chi connectivity index (χ1n) is 7.93.